The van der Waals surface area contributed by atoms with Crippen molar-refractivity contribution in [2.24, 2.45) is 0 Å². The van der Waals surface area contributed by atoms with Crippen LogP contribution in [0.15, 0.2) is 53.7 Å². The number of aryl methyl sites for hydroxylation is 1. The maximum Gasteiger partial charge on any atom is 0.329 e. The molecule has 0 bridgehead atoms. The molecule has 1 aliphatic rings. The topological polar surface area (TPSA) is 135 Å². The van der Waals surface area contributed by atoms with Crippen LogP contribution in [0.4, 0.5) is 0 Å². The van der Waals surface area contributed by atoms with E-state index in [1.54, 1.807) is 21.3 Å². The van der Waals surface area contributed by atoms with Gasteiger partial charge >= 0.3 is 5.97 Å². The van der Waals surface area contributed by atoms with Crippen LogP contribution in [0.1, 0.15) is 67.5 Å². The summed E-state index contributed by atoms with van der Waals surface area (Å²) in [5, 5.41) is 22.8. The summed E-state index contributed by atoms with van der Waals surface area (Å²) in [6.07, 6.45) is 7.77. The Hall–Kier alpha value is -4.36. The zero-order valence-corrected chi connectivity index (χ0v) is 21.8. The van der Waals surface area contributed by atoms with Gasteiger partial charge in [0.05, 0.1) is 29.1 Å². The Morgan fingerprint density at radius 2 is 1.95 bits per heavy atom. The Morgan fingerprint density at radius 3 is 2.64 bits per heavy atom. The number of hydrogen-bond donors (Lipinski definition) is 1. The molecule has 0 radical (unpaired) electrons. The second-order valence-corrected chi connectivity index (χ2v) is 9.84. The van der Waals surface area contributed by atoms with Crippen LogP contribution in [0, 0.1) is 11.3 Å². The summed E-state index contributed by atoms with van der Waals surface area (Å²) in [6, 6.07) is 13.3. The predicted octanol–water partition coefficient (Wildman–Crippen LogP) is 3.95. The lowest BCUT2D eigenvalue weighted by molar-refractivity contribution is -0.145. The number of aliphatic carboxylic acids is 1. The standard InChI is InChI=1S/C29H30N6O4/c1-2-5-26-24(14-19-8-13-25(31-16-19)23-7-4-3-6-20(23)15-30)28(38)34(29-32-18-33-35(26)29)21-9-11-22(12-10-21)39-17-27(36)37/h3-4,6-8,13,16,18,21-22H,2,5,9-12,14,17H2,1H3,(H,36,37). The summed E-state index contributed by atoms with van der Waals surface area (Å²) >= 11 is 0. The molecular weight excluding hydrogens is 496 g/mol. The van der Waals surface area contributed by atoms with Gasteiger partial charge in [0, 0.05) is 29.8 Å². The second-order valence-electron chi connectivity index (χ2n) is 9.84. The number of fused-ring (bicyclic) bond motifs is 1. The Morgan fingerprint density at radius 1 is 1.15 bits per heavy atom. The van der Waals surface area contributed by atoms with Crippen LogP contribution in [0.2, 0.25) is 0 Å². The van der Waals surface area contributed by atoms with Crippen molar-refractivity contribution in [1.29, 1.82) is 5.26 Å². The number of pyridine rings is 1. The molecule has 1 aliphatic carbocycles. The van der Waals surface area contributed by atoms with Crippen LogP contribution in [0.25, 0.3) is 17.0 Å². The van der Waals surface area contributed by atoms with Crippen molar-refractivity contribution in [1.82, 2.24) is 24.1 Å². The quantitative estimate of drug-likeness (QED) is 0.346. The molecule has 39 heavy (non-hydrogen) atoms. The van der Waals surface area contributed by atoms with E-state index in [-0.39, 0.29) is 24.3 Å². The Labute approximate surface area is 225 Å². The molecule has 5 rings (SSSR count). The third kappa shape index (κ3) is 5.45. The molecule has 1 saturated carbocycles. The van der Waals surface area contributed by atoms with Gasteiger partial charge in [0.2, 0.25) is 5.78 Å². The van der Waals surface area contributed by atoms with Crippen LogP contribution >= 0.6 is 0 Å². The van der Waals surface area contributed by atoms with Gasteiger partial charge in [0.1, 0.15) is 12.9 Å². The van der Waals surface area contributed by atoms with Gasteiger partial charge < -0.3 is 9.84 Å². The van der Waals surface area contributed by atoms with E-state index in [0.717, 1.165) is 23.2 Å². The number of benzene rings is 1. The summed E-state index contributed by atoms with van der Waals surface area (Å²) in [5.74, 6) is -0.449. The third-order valence-corrected chi connectivity index (χ3v) is 7.29. The van der Waals surface area contributed by atoms with Crippen LogP contribution in [-0.2, 0) is 22.4 Å². The third-order valence-electron chi connectivity index (χ3n) is 7.29. The van der Waals surface area contributed by atoms with E-state index >= 15 is 0 Å². The van der Waals surface area contributed by atoms with Crippen LogP contribution in [0.3, 0.4) is 0 Å². The van der Waals surface area contributed by atoms with E-state index in [9.17, 15) is 14.9 Å². The van der Waals surface area contributed by atoms with Crippen molar-refractivity contribution in [2.75, 3.05) is 6.61 Å². The normalized spacial score (nSPS) is 17.2. The highest BCUT2D eigenvalue weighted by molar-refractivity contribution is 5.68. The lowest BCUT2D eigenvalue weighted by Crippen LogP contribution is -2.35. The Bertz CT molecular complexity index is 1580. The van der Waals surface area contributed by atoms with Crippen molar-refractivity contribution in [3.05, 3.63) is 81.7 Å². The van der Waals surface area contributed by atoms with Crippen molar-refractivity contribution in [3.8, 4) is 17.3 Å². The number of carboxylic acids is 1. The zero-order chi connectivity index (χ0) is 27.4. The monoisotopic (exact) mass is 526 g/mol. The molecule has 3 aromatic heterocycles. The number of aromatic nitrogens is 5. The summed E-state index contributed by atoms with van der Waals surface area (Å²) in [4.78, 5) is 34.0. The SMILES string of the molecule is CCCc1c(Cc2ccc(-c3ccccc3C#N)nc2)c(=O)n(C2CCC(OCC(=O)O)CC2)c2ncnn12. The largest absolute Gasteiger partial charge is 0.480 e. The molecule has 0 spiro atoms. The van der Waals surface area contributed by atoms with Gasteiger partial charge in [-0.05, 0) is 49.8 Å². The highest BCUT2D eigenvalue weighted by Gasteiger charge is 2.28. The molecule has 3 heterocycles. The molecule has 0 saturated heterocycles. The number of carbonyl (C=O) groups is 1. The Kier molecular flexibility index (Phi) is 7.79. The minimum Gasteiger partial charge on any atom is -0.480 e. The molecular formula is C29H30N6O4. The maximum atomic E-state index is 14.1. The molecule has 0 atom stereocenters. The summed E-state index contributed by atoms with van der Waals surface area (Å²) in [7, 11) is 0. The number of hydrogen-bond acceptors (Lipinski definition) is 7. The first-order chi connectivity index (χ1) is 19.0. The van der Waals surface area contributed by atoms with Crippen LogP contribution < -0.4 is 5.56 Å². The van der Waals surface area contributed by atoms with E-state index in [1.165, 1.54) is 6.33 Å². The van der Waals surface area contributed by atoms with Crippen LogP contribution in [0.5, 0.6) is 0 Å². The lowest BCUT2D eigenvalue weighted by Gasteiger charge is -2.30. The van der Waals surface area contributed by atoms with Gasteiger partial charge in [-0.3, -0.25) is 14.3 Å². The average Bonchev–Trinajstić information content (AvgIpc) is 3.44. The molecule has 1 fully saturated rings. The van der Waals surface area contributed by atoms with Gasteiger partial charge in [-0.15, -0.1) is 0 Å². The molecule has 10 heteroatoms. The summed E-state index contributed by atoms with van der Waals surface area (Å²) in [6.45, 7) is 1.76. The molecule has 10 nitrogen and oxygen atoms in total. The summed E-state index contributed by atoms with van der Waals surface area (Å²) in [5.41, 5.74) is 4.37. The van der Waals surface area contributed by atoms with E-state index in [2.05, 4.69) is 28.1 Å². The highest BCUT2D eigenvalue weighted by Crippen LogP contribution is 2.31. The van der Waals surface area contributed by atoms with Crippen molar-refractivity contribution in [2.45, 2.75) is 64.0 Å². The van der Waals surface area contributed by atoms with Gasteiger partial charge in [0.15, 0.2) is 0 Å². The van der Waals surface area contributed by atoms with E-state index < -0.39 is 5.97 Å². The van der Waals surface area contributed by atoms with Crippen molar-refractivity contribution < 1.29 is 14.6 Å². The first kappa shape index (κ1) is 26.3. The zero-order valence-electron chi connectivity index (χ0n) is 21.8. The van der Waals surface area contributed by atoms with Gasteiger partial charge in [-0.1, -0.05) is 37.6 Å². The minimum absolute atomic E-state index is 0.0762. The number of carboxylic acid groups (broad SMARTS) is 1. The first-order valence-electron chi connectivity index (χ1n) is 13.2. The van der Waals surface area contributed by atoms with Gasteiger partial charge in [0.25, 0.3) is 5.56 Å². The fourth-order valence-corrected chi connectivity index (χ4v) is 5.43. The number of ether oxygens (including phenoxy) is 1. The Balaban J connectivity index is 1.47. The molecule has 0 unspecified atom stereocenters. The van der Waals surface area contributed by atoms with E-state index in [4.69, 9.17) is 9.84 Å². The van der Waals surface area contributed by atoms with Gasteiger partial charge in [-0.2, -0.15) is 15.3 Å². The minimum atomic E-state index is -0.980. The lowest BCUT2D eigenvalue weighted by atomic mass is 9.92. The average molecular weight is 527 g/mol. The highest BCUT2D eigenvalue weighted by atomic mass is 16.5. The molecule has 1 aromatic carbocycles. The molecule has 4 aromatic rings. The fourth-order valence-electron chi connectivity index (χ4n) is 5.43. The van der Waals surface area contributed by atoms with Crippen molar-refractivity contribution in [3.63, 3.8) is 0 Å². The van der Waals surface area contributed by atoms with Crippen molar-refractivity contribution >= 4 is 11.7 Å². The number of rotatable bonds is 9. The molecule has 1 N–H and O–H groups in total. The summed E-state index contributed by atoms with van der Waals surface area (Å²) < 4.78 is 9.05. The fraction of sp³-hybridized carbons (Fsp3) is 0.379. The smallest absolute Gasteiger partial charge is 0.329 e. The van der Waals surface area contributed by atoms with Crippen LogP contribution in [-0.4, -0.2) is 47.9 Å². The first-order valence-corrected chi connectivity index (χ1v) is 13.2. The molecule has 0 aliphatic heterocycles. The van der Waals surface area contributed by atoms with Gasteiger partial charge in [-0.25, -0.2) is 9.31 Å². The van der Waals surface area contributed by atoms with E-state index in [0.29, 0.717) is 61.1 Å². The maximum absolute atomic E-state index is 14.1. The second kappa shape index (κ2) is 11.6. The van der Waals surface area contributed by atoms with E-state index in [1.807, 2.05) is 30.3 Å². The number of nitrogens with zero attached hydrogens (tertiary/aromatic N) is 6. The molecule has 200 valence electrons. The molecule has 0 amide bonds. The predicted molar refractivity (Wildman–Crippen MR) is 143 cm³/mol. The number of nitriles is 1.